The largest absolute Gasteiger partial charge is 0.354 e. The van der Waals surface area contributed by atoms with E-state index in [1.165, 1.54) is 23.1 Å². The van der Waals surface area contributed by atoms with Crippen molar-refractivity contribution >= 4 is 50.7 Å². The van der Waals surface area contributed by atoms with Crippen molar-refractivity contribution in [2.24, 2.45) is 0 Å². The molecular weight excluding hydrogens is 569 g/mol. The maximum absolute atomic E-state index is 14.0. The second kappa shape index (κ2) is 15.1. The number of hydrogen-bond donors (Lipinski definition) is 1. The van der Waals surface area contributed by atoms with Crippen LogP contribution in [0.1, 0.15) is 38.7 Å². The molecule has 0 saturated heterocycles. The monoisotopic (exact) mass is 603 g/mol. The summed E-state index contributed by atoms with van der Waals surface area (Å²) in [5.41, 5.74) is 1.07. The smallest absolute Gasteiger partial charge is 0.264 e. The fraction of sp³-hybridized carbons (Fsp3) is 0.333. The summed E-state index contributed by atoms with van der Waals surface area (Å²) in [6.07, 6.45) is 2.59. The zero-order chi connectivity index (χ0) is 29.1. The average Bonchev–Trinajstić information content (AvgIpc) is 2.96. The first kappa shape index (κ1) is 31.5. The minimum atomic E-state index is -4.22. The highest BCUT2D eigenvalue weighted by Gasteiger charge is 2.34. The second-order valence-corrected chi connectivity index (χ2v) is 11.9. The topological polar surface area (TPSA) is 86.8 Å². The van der Waals surface area contributed by atoms with Gasteiger partial charge in [-0.3, -0.25) is 13.9 Å². The molecule has 0 saturated carbocycles. The molecule has 0 aliphatic rings. The van der Waals surface area contributed by atoms with E-state index in [1.54, 1.807) is 30.3 Å². The minimum Gasteiger partial charge on any atom is -0.354 e. The number of benzene rings is 3. The SMILES string of the molecule is CCCCNC(=O)C(CC)N(CCc1ccccc1)C(=O)CN(c1cccc(Cl)c1Cl)S(=O)(=O)c1ccccc1. The molecule has 0 aromatic heterocycles. The van der Waals surface area contributed by atoms with Crippen LogP contribution in [0.15, 0.2) is 83.8 Å². The van der Waals surface area contributed by atoms with Crippen LogP contribution in [-0.2, 0) is 26.0 Å². The first-order chi connectivity index (χ1) is 19.2. The van der Waals surface area contributed by atoms with Crippen molar-refractivity contribution in [2.45, 2.75) is 50.5 Å². The molecule has 1 atom stereocenters. The van der Waals surface area contributed by atoms with Crippen molar-refractivity contribution < 1.29 is 18.0 Å². The molecule has 3 rings (SSSR count). The first-order valence-electron chi connectivity index (χ1n) is 13.3. The number of nitrogens with zero attached hydrogens (tertiary/aromatic N) is 2. The Hall–Kier alpha value is -3.07. The summed E-state index contributed by atoms with van der Waals surface area (Å²) in [6.45, 7) is 4.02. The van der Waals surface area contributed by atoms with Crippen LogP contribution in [0.25, 0.3) is 0 Å². The summed E-state index contributed by atoms with van der Waals surface area (Å²) in [5.74, 6) is -0.792. The number of hydrogen-bond acceptors (Lipinski definition) is 4. The molecular formula is C30H35Cl2N3O4S. The lowest BCUT2D eigenvalue weighted by Crippen LogP contribution is -2.53. The van der Waals surface area contributed by atoms with Crippen molar-refractivity contribution in [1.82, 2.24) is 10.2 Å². The van der Waals surface area contributed by atoms with E-state index in [4.69, 9.17) is 23.2 Å². The highest BCUT2D eigenvalue weighted by molar-refractivity contribution is 7.92. The van der Waals surface area contributed by atoms with Gasteiger partial charge in [0.05, 0.1) is 20.6 Å². The van der Waals surface area contributed by atoms with Crippen molar-refractivity contribution in [3.05, 3.63) is 94.5 Å². The van der Waals surface area contributed by atoms with Crippen LogP contribution in [-0.4, -0.2) is 50.8 Å². The molecule has 0 radical (unpaired) electrons. The van der Waals surface area contributed by atoms with Gasteiger partial charge in [-0.25, -0.2) is 8.42 Å². The number of amides is 2. The summed E-state index contributed by atoms with van der Waals surface area (Å²) in [5, 5.41) is 3.09. The van der Waals surface area contributed by atoms with Gasteiger partial charge in [0.1, 0.15) is 12.6 Å². The molecule has 0 aliphatic heterocycles. The van der Waals surface area contributed by atoms with Crippen LogP contribution < -0.4 is 9.62 Å². The van der Waals surface area contributed by atoms with Gasteiger partial charge in [0.25, 0.3) is 10.0 Å². The fourth-order valence-electron chi connectivity index (χ4n) is 4.32. The van der Waals surface area contributed by atoms with Gasteiger partial charge in [-0.05, 0) is 49.1 Å². The Balaban J connectivity index is 2.01. The highest BCUT2D eigenvalue weighted by Crippen LogP contribution is 2.35. The van der Waals surface area contributed by atoms with Gasteiger partial charge in [-0.1, -0.05) is 98.1 Å². The van der Waals surface area contributed by atoms with Crippen LogP contribution in [0.2, 0.25) is 10.0 Å². The van der Waals surface area contributed by atoms with E-state index in [-0.39, 0.29) is 33.1 Å². The number of carbonyl (C=O) groups excluding carboxylic acids is 2. The maximum atomic E-state index is 14.0. The Morgan fingerprint density at radius 1 is 0.900 bits per heavy atom. The molecule has 7 nitrogen and oxygen atoms in total. The van der Waals surface area contributed by atoms with E-state index in [0.29, 0.717) is 19.4 Å². The van der Waals surface area contributed by atoms with Gasteiger partial charge in [-0.2, -0.15) is 0 Å². The summed E-state index contributed by atoms with van der Waals surface area (Å²) in [7, 11) is -4.22. The summed E-state index contributed by atoms with van der Waals surface area (Å²) < 4.78 is 28.7. The number of halogens is 2. The van der Waals surface area contributed by atoms with Crippen LogP contribution >= 0.6 is 23.2 Å². The maximum Gasteiger partial charge on any atom is 0.264 e. The zero-order valence-electron chi connectivity index (χ0n) is 22.7. The predicted molar refractivity (Wildman–Crippen MR) is 161 cm³/mol. The van der Waals surface area contributed by atoms with Crippen LogP contribution in [0.5, 0.6) is 0 Å². The van der Waals surface area contributed by atoms with Crippen LogP contribution in [0, 0.1) is 0 Å². The molecule has 0 heterocycles. The van der Waals surface area contributed by atoms with Crippen molar-refractivity contribution in [2.75, 3.05) is 23.9 Å². The first-order valence-corrected chi connectivity index (χ1v) is 15.5. The minimum absolute atomic E-state index is 0.000900. The Morgan fingerprint density at radius 3 is 2.17 bits per heavy atom. The summed E-state index contributed by atoms with van der Waals surface area (Å²) in [6, 6.07) is 21.3. The van der Waals surface area contributed by atoms with E-state index in [0.717, 1.165) is 22.7 Å². The third kappa shape index (κ3) is 7.99. The quantitative estimate of drug-likeness (QED) is 0.230. The average molecular weight is 605 g/mol. The lowest BCUT2D eigenvalue weighted by molar-refractivity contribution is -0.139. The van der Waals surface area contributed by atoms with Gasteiger partial charge in [0, 0.05) is 13.1 Å². The molecule has 2 amide bonds. The number of unbranched alkanes of at least 4 members (excludes halogenated alkanes) is 1. The van der Waals surface area contributed by atoms with Crippen molar-refractivity contribution in [3.63, 3.8) is 0 Å². The third-order valence-corrected chi connectivity index (χ3v) is 9.09. The summed E-state index contributed by atoms with van der Waals surface area (Å²) >= 11 is 12.7. The Kier molecular flexibility index (Phi) is 11.9. The van der Waals surface area contributed by atoms with Crippen molar-refractivity contribution in [1.29, 1.82) is 0 Å². The third-order valence-electron chi connectivity index (χ3n) is 6.51. The van der Waals surface area contributed by atoms with E-state index >= 15 is 0 Å². The number of nitrogens with one attached hydrogen (secondary N) is 1. The van der Waals surface area contributed by atoms with Gasteiger partial charge in [0.15, 0.2) is 0 Å². The Morgan fingerprint density at radius 2 is 1.55 bits per heavy atom. The second-order valence-electron chi connectivity index (χ2n) is 9.29. The van der Waals surface area contributed by atoms with E-state index in [9.17, 15) is 18.0 Å². The molecule has 214 valence electrons. The van der Waals surface area contributed by atoms with Crippen LogP contribution in [0.3, 0.4) is 0 Å². The molecule has 3 aromatic rings. The molecule has 0 aliphatic carbocycles. The molecule has 0 bridgehead atoms. The summed E-state index contributed by atoms with van der Waals surface area (Å²) in [4.78, 5) is 28.7. The highest BCUT2D eigenvalue weighted by atomic mass is 35.5. The normalized spacial score (nSPS) is 12.0. The lowest BCUT2D eigenvalue weighted by atomic mass is 10.1. The Labute approximate surface area is 247 Å². The standard InChI is InChI=1S/C30H35Cl2N3O4S/c1-3-5-20-33-30(37)26(4-2)34(21-19-23-13-8-6-9-14-23)28(36)22-35(27-18-12-17-25(31)29(27)32)40(38,39)24-15-10-7-11-16-24/h6-18,26H,3-5,19-22H2,1-2H3,(H,33,37). The van der Waals surface area contributed by atoms with Gasteiger partial charge >= 0.3 is 0 Å². The van der Waals surface area contributed by atoms with E-state index < -0.39 is 28.5 Å². The molecule has 3 aromatic carbocycles. The molecule has 0 spiro atoms. The molecule has 1 N–H and O–H groups in total. The van der Waals surface area contributed by atoms with E-state index in [1.807, 2.05) is 44.2 Å². The Bertz CT molecular complexity index is 1370. The molecule has 10 heteroatoms. The van der Waals surface area contributed by atoms with E-state index in [2.05, 4.69) is 5.32 Å². The fourth-order valence-corrected chi connectivity index (χ4v) is 6.21. The van der Waals surface area contributed by atoms with Crippen molar-refractivity contribution in [3.8, 4) is 0 Å². The zero-order valence-corrected chi connectivity index (χ0v) is 25.1. The number of carbonyl (C=O) groups is 2. The van der Waals surface area contributed by atoms with Crippen LogP contribution in [0.4, 0.5) is 5.69 Å². The molecule has 1 unspecified atom stereocenters. The molecule has 40 heavy (non-hydrogen) atoms. The number of rotatable bonds is 14. The molecule has 0 fully saturated rings. The number of sulfonamides is 1. The lowest BCUT2D eigenvalue weighted by Gasteiger charge is -2.33. The number of anilines is 1. The predicted octanol–water partition coefficient (Wildman–Crippen LogP) is 5.95. The van der Waals surface area contributed by atoms with Gasteiger partial charge in [-0.15, -0.1) is 0 Å². The van der Waals surface area contributed by atoms with Gasteiger partial charge in [0.2, 0.25) is 11.8 Å². The van der Waals surface area contributed by atoms with Gasteiger partial charge < -0.3 is 10.2 Å².